The molecule has 18 unspecified atom stereocenters. The summed E-state index contributed by atoms with van der Waals surface area (Å²) in [6, 6.07) is 0.310. The molecule has 6 rings (SSSR count). The molecule has 18 atom stereocenters. The van der Waals surface area contributed by atoms with Crippen molar-refractivity contribution < 1.29 is 52.6 Å². The van der Waals surface area contributed by atoms with Crippen molar-refractivity contribution in [3.63, 3.8) is 0 Å². The third kappa shape index (κ3) is 9.03. The fourth-order valence-electron chi connectivity index (χ4n) is 10.5. The van der Waals surface area contributed by atoms with E-state index in [1.165, 1.54) is 0 Å². The first kappa shape index (κ1) is 42.6. The Labute approximate surface area is 328 Å². The van der Waals surface area contributed by atoms with E-state index < -0.39 is 42.9 Å². The van der Waals surface area contributed by atoms with Crippen LogP contribution in [0.15, 0.2) is 36.0 Å². The first-order chi connectivity index (χ1) is 26.4. The van der Waals surface area contributed by atoms with E-state index in [2.05, 4.69) is 51.1 Å². The number of carbonyl (C=O) groups is 2. The normalized spacial score (nSPS) is 45.4. The summed E-state index contributed by atoms with van der Waals surface area (Å²) in [5, 5.41) is 11.7. The number of rotatable bonds is 10. The van der Waals surface area contributed by atoms with Crippen LogP contribution in [0.25, 0.3) is 0 Å². The Morgan fingerprint density at radius 1 is 0.855 bits per heavy atom. The van der Waals surface area contributed by atoms with Crippen molar-refractivity contribution in [3.8, 4) is 0 Å². The third-order valence-electron chi connectivity index (χ3n) is 13.4. The van der Waals surface area contributed by atoms with Gasteiger partial charge in [0.2, 0.25) is 0 Å². The van der Waals surface area contributed by atoms with Crippen LogP contribution in [0.2, 0.25) is 0 Å². The highest BCUT2D eigenvalue weighted by molar-refractivity contribution is 5.99. The van der Waals surface area contributed by atoms with Gasteiger partial charge in [0.05, 0.1) is 36.9 Å². The Bertz CT molecular complexity index is 1400. The Hall–Kier alpha value is -2.00. The van der Waals surface area contributed by atoms with Gasteiger partial charge in [0, 0.05) is 45.1 Å². The fourth-order valence-corrected chi connectivity index (χ4v) is 10.5. The molecule has 310 valence electrons. The minimum atomic E-state index is -0.793. The van der Waals surface area contributed by atoms with Gasteiger partial charge in [-0.15, -0.1) is 0 Å². The van der Waals surface area contributed by atoms with E-state index in [4.69, 9.17) is 37.9 Å². The van der Waals surface area contributed by atoms with Gasteiger partial charge in [-0.25, -0.2) is 0 Å². The highest BCUT2D eigenvalue weighted by Crippen LogP contribution is 2.54. The Kier molecular flexibility index (Phi) is 14.5. The number of hydrogen-bond acceptors (Lipinski definition) is 12. The number of Topliss-reactive ketones (excluding diaryl/α,β-unsaturated/α-hetero) is 1. The second-order valence-electron chi connectivity index (χ2n) is 16.9. The zero-order valence-corrected chi connectivity index (χ0v) is 34.4. The van der Waals surface area contributed by atoms with E-state index in [1.54, 1.807) is 21.3 Å². The number of fused-ring (bicyclic) bond motifs is 5. The molecule has 6 aliphatic rings. The molecule has 3 saturated heterocycles. The number of hydrogen-bond donors (Lipinski definition) is 1. The highest BCUT2D eigenvalue weighted by atomic mass is 16.7. The maximum absolute atomic E-state index is 14.7. The van der Waals surface area contributed by atoms with E-state index in [0.717, 1.165) is 25.7 Å². The van der Waals surface area contributed by atoms with E-state index in [9.17, 15) is 14.7 Å². The Morgan fingerprint density at radius 3 is 2.25 bits per heavy atom. The molecule has 3 heterocycles. The minimum Gasteiger partial charge on any atom is -0.458 e. The van der Waals surface area contributed by atoms with E-state index in [1.807, 2.05) is 26.0 Å². The maximum atomic E-state index is 14.7. The predicted octanol–water partition coefficient (Wildman–Crippen LogP) is 5.01. The van der Waals surface area contributed by atoms with Gasteiger partial charge in [-0.3, -0.25) is 9.59 Å². The SMILES string of the molecule is CCC=CC1CCCC(OC2CCC(N(C)C)C(C)O2)C(C)C(=O)C2=CC3C(C=CC4C(O)C(OC5OC(C)C(OC)C(OC)C5OC)CC43)C2CC(=O)O1. The van der Waals surface area contributed by atoms with Crippen molar-refractivity contribution in [1.82, 2.24) is 4.90 Å². The number of esters is 1. The van der Waals surface area contributed by atoms with Crippen LogP contribution in [-0.4, -0.2) is 131 Å². The number of aliphatic hydroxyl groups is 1. The van der Waals surface area contributed by atoms with Gasteiger partial charge in [0.25, 0.3) is 0 Å². The Morgan fingerprint density at radius 2 is 1.58 bits per heavy atom. The first-order valence-corrected chi connectivity index (χ1v) is 20.8. The van der Waals surface area contributed by atoms with E-state index in [-0.39, 0.29) is 78.3 Å². The average molecular weight is 774 g/mol. The van der Waals surface area contributed by atoms with Crippen molar-refractivity contribution in [2.24, 2.45) is 35.5 Å². The Balaban J connectivity index is 1.24. The number of cyclic esters (lactones) is 1. The number of carbonyl (C=O) groups excluding carboxylic acids is 2. The van der Waals surface area contributed by atoms with Crippen LogP contribution in [0.3, 0.4) is 0 Å². The lowest BCUT2D eigenvalue weighted by molar-refractivity contribution is -0.319. The molecule has 3 aliphatic carbocycles. The second kappa shape index (κ2) is 18.7. The molecule has 12 heteroatoms. The first-order valence-electron chi connectivity index (χ1n) is 20.8. The summed E-state index contributed by atoms with van der Waals surface area (Å²) in [4.78, 5) is 30.6. The summed E-state index contributed by atoms with van der Waals surface area (Å²) < 4.78 is 49.3. The van der Waals surface area contributed by atoms with Gasteiger partial charge in [0.1, 0.15) is 24.4 Å². The van der Waals surface area contributed by atoms with E-state index >= 15 is 0 Å². The van der Waals surface area contributed by atoms with Crippen LogP contribution in [0.5, 0.6) is 0 Å². The van der Waals surface area contributed by atoms with E-state index in [0.29, 0.717) is 30.9 Å². The molecule has 1 N–H and O–H groups in total. The van der Waals surface area contributed by atoms with Gasteiger partial charge in [0.15, 0.2) is 18.4 Å². The van der Waals surface area contributed by atoms with Gasteiger partial charge in [-0.05, 0) is 102 Å². The van der Waals surface area contributed by atoms with Crippen LogP contribution in [0, 0.1) is 35.5 Å². The smallest absolute Gasteiger partial charge is 0.307 e. The lowest BCUT2D eigenvalue weighted by Gasteiger charge is -2.44. The molecule has 3 aliphatic heterocycles. The lowest BCUT2D eigenvalue weighted by atomic mass is 9.70. The average Bonchev–Trinajstić information content (AvgIpc) is 3.68. The van der Waals surface area contributed by atoms with Crippen molar-refractivity contribution in [2.45, 2.75) is 153 Å². The van der Waals surface area contributed by atoms with Crippen molar-refractivity contribution in [1.29, 1.82) is 0 Å². The van der Waals surface area contributed by atoms with Crippen LogP contribution in [-0.2, 0) is 47.5 Å². The molecule has 0 aromatic heterocycles. The molecule has 0 amide bonds. The zero-order valence-electron chi connectivity index (χ0n) is 34.4. The minimum absolute atomic E-state index is 0.00506. The maximum Gasteiger partial charge on any atom is 0.307 e. The van der Waals surface area contributed by atoms with Crippen LogP contribution in [0.1, 0.15) is 79.1 Å². The summed E-state index contributed by atoms with van der Waals surface area (Å²) in [6.07, 6.45) is 10.7. The quantitative estimate of drug-likeness (QED) is 0.237. The number of allylic oxidation sites excluding steroid dienone is 4. The standard InChI is InChI=1S/C43H67NO11/c1-10-11-13-26-14-12-15-34(54-37-19-18-33(44(5)6)24(3)51-37)23(2)38(46)32-20-29-27(31(32)22-36(45)53-26)16-17-28-30(29)21-35(39(28)47)55-43-42(50-9)41(49-8)40(48-7)25(4)52-43/h11,13,16-17,20,23-31,33-35,37,39-43,47H,10,12,14-15,18-19,21-22H2,1-9H3. The molecular formula is C43H67NO11. The van der Waals surface area contributed by atoms with Crippen molar-refractivity contribution in [3.05, 3.63) is 36.0 Å². The monoisotopic (exact) mass is 773 g/mol. The lowest BCUT2D eigenvalue weighted by Crippen LogP contribution is -2.60. The van der Waals surface area contributed by atoms with Crippen LogP contribution >= 0.6 is 0 Å². The molecule has 1 saturated carbocycles. The zero-order chi connectivity index (χ0) is 39.6. The molecule has 0 aromatic carbocycles. The van der Waals surface area contributed by atoms with Gasteiger partial charge in [-0.2, -0.15) is 0 Å². The number of ether oxygens (including phenoxy) is 8. The van der Waals surface area contributed by atoms with Crippen LogP contribution < -0.4 is 0 Å². The molecule has 0 bridgehead atoms. The molecule has 0 aromatic rings. The third-order valence-corrected chi connectivity index (χ3v) is 13.4. The molecule has 0 spiro atoms. The van der Waals surface area contributed by atoms with Gasteiger partial charge < -0.3 is 47.9 Å². The van der Waals surface area contributed by atoms with Crippen LogP contribution in [0.4, 0.5) is 0 Å². The van der Waals surface area contributed by atoms with Gasteiger partial charge >= 0.3 is 5.97 Å². The molecule has 12 nitrogen and oxygen atoms in total. The molecular weight excluding hydrogens is 706 g/mol. The summed E-state index contributed by atoms with van der Waals surface area (Å²) in [7, 11) is 8.98. The van der Waals surface area contributed by atoms with Crippen molar-refractivity contribution >= 4 is 11.8 Å². The largest absolute Gasteiger partial charge is 0.458 e. The number of methoxy groups -OCH3 is 3. The molecule has 55 heavy (non-hydrogen) atoms. The summed E-state index contributed by atoms with van der Waals surface area (Å²) in [6.45, 7) is 8.04. The molecule has 0 radical (unpaired) electrons. The van der Waals surface area contributed by atoms with Gasteiger partial charge in [-0.1, -0.05) is 38.2 Å². The molecule has 4 fully saturated rings. The fraction of sp³-hybridized carbons (Fsp3) is 0.814. The summed E-state index contributed by atoms with van der Waals surface area (Å²) in [5.74, 6) is -1.43. The highest BCUT2D eigenvalue weighted by Gasteiger charge is 2.55. The number of ketones is 1. The second-order valence-corrected chi connectivity index (χ2v) is 16.9. The summed E-state index contributed by atoms with van der Waals surface area (Å²) in [5.41, 5.74) is 0.668. The number of aliphatic hydroxyl groups excluding tert-OH is 1. The van der Waals surface area contributed by atoms with Crippen molar-refractivity contribution in [2.75, 3.05) is 35.4 Å². The number of nitrogens with zero attached hydrogens (tertiary/aromatic N) is 1. The topological polar surface area (TPSA) is 131 Å². The summed E-state index contributed by atoms with van der Waals surface area (Å²) >= 11 is 0. The predicted molar refractivity (Wildman–Crippen MR) is 205 cm³/mol. The number of likely N-dealkylation sites (N-methyl/N-ethyl adjacent to an activating group) is 1.